The average Bonchev–Trinajstić information content (AvgIpc) is 2.57. The van der Waals surface area contributed by atoms with Gasteiger partial charge in [-0.2, -0.15) is 0 Å². The van der Waals surface area contributed by atoms with Gasteiger partial charge in [-0.3, -0.25) is 4.99 Å². The minimum atomic E-state index is 0.552. The Morgan fingerprint density at radius 3 is 2.29 bits per heavy atom. The topological polar surface area (TPSA) is 24.4 Å². The van der Waals surface area contributed by atoms with Crippen LogP contribution in [0.5, 0.6) is 0 Å². The zero-order valence-corrected chi connectivity index (χ0v) is 15.7. The molecule has 0 atom stereocenters. The van der Waals surface area contributed by atoms with Gasteiger partial charge in [-0.05, 0) is 79.9 Å². The lowest BCUT2D eigenvalue weighted by Gasteiger charge is -2.56. The number of thioether (sulfide) groups is 1. The van der Waals surface area contributed by atoms with Crippen molar-refractivity contribution in [3.63, 3.8) is 0 Å². The van der Waals surface area contributed by atoms with Crippen molar-refractivity contribution in [2.75, 3.05) is 19.3 Å². The molecule has 1 aromatic rings. The number of benzene rings is 1. The molecule has 0 saturated heterocycles. The molecule has 0 aliphatic heterocycles. The number of aliphatic imine (C=N–C) groups is 1. The highest BCUT2D eigenvalue weighted by Gasteiger charge is 2.50. The van der Waals surface area contributed by atoms with E-state index in [9.17, 15) is 0 Å². The molecular formula is C21H30N2S. The van der Waals surface area contributed by atoms with Crippen molar-refractivity contribution in [3.05, 3.63) is 35.9 Å². The van der Waals surface area contributed by atoms with E-state index in [1.54, 1.807) is 11.8 Å². The van der Waals surface area contributed by atoms with Gasteiger partial charge >= 0.3 is 0 Å². The summed E-state index contributed by atoms with van der Waals surface area (Å²) >= 11 is 1.77. The van der Waals surface area contributed by atoms with Crippen molar-refractivity contribution in [3.8, 4) is 0 Å². The lowest BCUT2D eigenvalue weighted by Crippen LogP contribution is -2.47. The number of rotatable bonds is 5. The molecular weight excluding hydrogens is 312 g/mol. The van der Waals surface area contributed by atoms with E-state index < -0.39 is 0 Å². The summed E-state index contributed by atoms with van der Waals surface area (Å²) in [7, 11) is 0. The SMILES string of the molecule is CSC(=NCC12CC3CC(CC(C3)C1)C2)NCCc1ccccc1. The molecule has 4 aliphatic carbocycles. The summed E-state index contributed by atoms with van der Waals surface area (Å²) in [5.41, 5.74) is 1.95. The minimum Gasteiger partial charge on any atom is -0.365 e. The number of nitrogens with zero attached hydrogens (tertiary/aromatic N) is 1. The van der Waals surface area contributed by atoms with Gasteiger partial charge < -0.3 is 5.32 Å². The Kier molecular flexibility index (Phi) is 4.89. The third kappa shape index (κ3) is 3.66. The van der Waals surface area contributed by atoms with E-state index in [0.717, 1.165) is 42.4 Å². The molecule has 0 amide bonds. The molecule has 24 heavy (non-hydrogen) atoms. The summed E-state index contributed by atoms with van der Waals surface area (Å²) < 4.78 is 0. The van der Waals surface area contributed by atoms with E-state index in [2.05, 4.69) is 41.9 Å². The molecule has 2 nitrogen and oxygen atoms in total. The maximum Gasteiger partial charge on any atom is 0.156 e. The summed E-state index contributed by atoms with van der Waals surface area (Å²) in [6.07, 6.45) is 12.1. The number of hydrogen-bond acceptors (Lipinski definition) is 2. The third-order valence-corrected chi connectivity index (χ3v) is 7.11. The molecule has 5 rings (SSSR count). The first-order valence-corrected chi connectivity index (χ1v) is 10.8. The quantitative estimate of drug-likeness (QED) is 0.616. The normalized spacial score (nSPS) is 34.5. The molecule has 4 aliphatic rings. The second-order valence-electron chi connectivity index (χ2n) is 8.41. The van der Waals surface area contributed by atoms with Crippen molar-refractivity contribution in [1.82, 2.24) is 5.32 Å². The van der Waals surface area contributed by atoms with Gasteiger partial charge in [-0.15, -0.1) is 0 Å². The van der Waals surface area contributed by atoms with Crippen LogP contribution in [-0.4, -0.2) is 24.5 Å². The molecule has 4 saturated carbocycles. The van der Waals surface area contributed by atoms with Gasteiger partial charge in [0.2, 0.25) is 0 Å². The molecule has 0 heterocycles. The molecule has 3 heteroatoms. The number of amidine groups is 1. The van der Waals surface area contributed by atoms with Crippen LogP contribution < -0.4 is 5.32 Å². The molecule has 4 fully saturated rings. The van der Waals surface area contributed by atoms with Crippen LogP contribution in [0, 0.1) is 23.2 Å². The highest BCUT2D eigenvalue weighted by Crippen LogP contribution is 2.60. The van der Waals surface area contributed by atoms with Crippen LogP contribution in [0.15, 0.2) is 35.3 Å². The van der Waals surface area contributed by atoms with Gasteiger partial charge in [-0.25, -0.2) is 0 Å². The first-order valence-electron chi connectivity index (χ1n) is 9.61. The van der Waals surface area contributed by atoms with E-state index in [0.29, 0.717) is 5.41 Å². The van der Waals surface area contributed by atoms with Gasteiger partial charge in [0, 0.05) is 13.1 Å². The standard InChI is InChI=1S/C21H30N2S/c1-24-20(22-8-7-16-5-3-2-4-6-16)23-15-21-12-17-9-18(13-21)11-19(10-17)14-21/h2-6,17-19H,7-15H2,1H3,(H,22,23). The maximum absolute atomic E-state index is 5.03. The average molecular weight is 343 g/mol. The molecule has 1 N–H and O–H groups in total. The second kappa shape index (κ2) is 7.11. The Balaban J connectivity index is 1.32. The van der Waals surface area contributed by atoms with Gasteiger partial charge in [0.05, 0.1) is 0 Å². The highest BCUT2D eigenvalue weighted by atomic mass is 32.2. The molecule has 0 radical (unpaired) electrons. The first-order chi connectivity index (χ1) is 11.7. The van der Waals surface area contributed by atoms with Crippen LogP contribution in [0.4, 0.5) is 0 Å². The smallest absolute Gasteiger partial charge is 0.156 e. The van der Waals surface area contributed by atoms with E-state index in [-0.39, 0.29) is 0 Å². The molecule has 1 aromatic carbocycles. The monoisotopic (exact) mass is 342 g/mol. The van der Waals surface area contributed by atoms with Gasteiger partial charge in [-0.1, -0.05) is 42.1 Å². The van der Waals surface area contributed by atoms with Crippen molar-refractivity contribution >= 4 is 16.9 Å². The molecule has 4 bridgehead atoms. The molecule has 0 aromatic heterocycles. The van der Waals surface area contributed by atoms with Crippen molar-refractivity contribution in [2.24, 2.45) is 28.2 Å². The Bertz CT molecular complexity index is 545. The third-order valence-electron chi connectivity index (χ3n) is 6.45. The van der Waals surface area contributed by atoms with Crippen LogP contribution in [-0.2, 0) is 6.42 Å². The van der Waals surface area contributed by atoms with E-state index in [1.807, 2.05) is 0 Å². The fourth-order valence-corrected chi connectivity index (χ4v) is 6.31. The molecule has 0 spiro atoms. The van der Waals surface area contributed by atoms with Crippen LogP contribution in [0.25, 0.3) is 0 Å². The fraction of sp³-hybridized carbons (Fsp3) is 0.667. The van der Waals surface area contributed by atoms with Gasteiger partial charge in [0.1, 0.15) is 0 Å². The van der Waals surface area contributed by atoms with Crippen LogP contribution in [0.3, 0.4) is 0 Å². The Morgan fingerprint density at radius 2 is 1.71 bits per heavy atom. The summed E-state index contributed by atoms with van der Waals surface area (Å²) in [6.45, 7) is 2.04. The highest BCUT2D eigenvalue weighted by molar-refractivity contribution is 8.13. The van der Waals surface area contributed by atoms with Crippen LogP contribution in [0.2, 0.25) is 0 Å². The summed E-state index contributed by atoms with van der Waals surface area (Å²) in [5, 5.41) is 4.70. The van der Waals surface area contributed by atoms with Crippen molar-refractivity contribution in [2.45, 2.75) is 44.9 Å². The van der Waals surface area contributed by atoms with Crippen molar-refractivity contribution in [1.29, 1.82) is 0 Å². The summed E-state index contributed by atoms with van der Waals surface area (Å²) in [4.78, 5) is 5.03. The van der Waals surface area contributed by atoms with E-state index in [1.165, 1.54) is 44.1 Å². The minimum absolute atomic E-state index is 0.552. The predicted molar refractivity (Wildman–Crippen MR) is 105 cm³/mol. The van der Waals surface area contributed by atoms with Gasteiger partial charge in [0.15, 0.2) is 5.17 Å². The van der Waals surface area contributed by atoms with Crippen molar-refractivity contribution < 1.29 is 0 Å². The van der Waals surface area contributed by atoms with Gasteiger partial charge in [0.25, 0.3) is 0 Å². The van der Waals surface area contributed by atoms with E-state index >= 15 is 0 Å². The lowest BCUT2D eigenvalue weighted by atomic mass is 9.49. The number of nitrogens with one attached hydrogen (secondary N) is 1. The molecule has 130 valence electrons. The molecule has 0 unspecified atom stereocenters. The Labute approximate surface area is 150 Å². The lowest BCUT2D eigenvalue weighted by molar-refractivity contribution is -0.0464. The predicted octanol–water partition coefficient (Wildman–Crippen LogP) is 4.75. The fourth-order valence-electron chi connectivity index (χ4n) is 5.87. The van der Waals surface area contributed by atoms with Crippen LogP contribution >= 0.6 is 11.8 Å². The zero-order valence-electron chi connectivity index (χ0n) is 14.8. The van der Waals surface area contributed by atoms with E-state index in [4.69, 9.17) is 4.99 Å². The Hall–Kier alpha value is -0.960. The Morgan fingerprint density at radius 1 is 1.08 bits per heavy atom. The van der Waals surface area contributed by atoms with Crippen LogP contribution in [0.1, 0.15) is 44.1 Å². The zero-order chi connectivity index (χ0) is 16.4. The first kappa shape index (κ1) is 16.5. The largest absolute Gasteiger partial charge is 0.365 e. The second-order valence-corrected chi connectivity index (χ2v) is 9.20. The number of hydrogen-bond donors (Lipinski definition) is 1. The summed E-state index contributed by atoms with van der Waals surface area (Å²) in [6, 6.07) is 10.7. The summed E-state index contributed by atoms with van der Waals surface area (Å²) in [5.74, 6) is 3.07. The maximum atomic E-state index is 5.03.